The van der Waals surface area contributed by atoms with Crippen molar-refractivity contribution in [3.05, 3.63) is 101 Å². The van der Waals surface area contributed by atoms with Gasteiger partial charge in [-0.25, -0.2) is 0 Å². The van der Waals surface area contributed by atoms with Gasteiger partial charge in [-0.2, -0.15) is 0 Å². The average molecular weight is 445 g/mol. The van der Waals surface area contributed by atoms with E-state index in [0.717, 1.165) is 22.2 Å². The first-order chi connectivity index (χ1) is 15.6. The van der Waals surface area contributed by atoms with E-state index in [-0.39, 0.29) is 12.5 Å². The van der Waals surface area contributed by atoms with Crippen LogP contribution in [0, 0.1) is 6.92 Å². The van der Waals surface area contributed by atoms with Crippen molar-refractivity contribution < 1.29 is 9.53 Å². The van der Waals surface area contributed by atoms with Crippen LogP contribution in [0.2, 0.25) is 0 Å². The van der Waals surface area contributed by atoms with Crippen LogP contribution in [-0.2, 0) is 12.3 Å². The molecule has 1 aromatic heterocycles. The van der Waals surface area contributed by atoms with Crippen LogP contribution < -0.4 is 10.1 Å². The number of benzene rings is 3. The number of hydrogen-bond donors (Lipinski definition) is 1. The van der Waals surface area contributed by atoms with Crippen LogP contribution in [0.4, 0.5) is 0 Å². The number of nitrogens with one attached hydrogen (secondary N) is 1. The molecule has 7 heteroatoms. The molecule has 4 rings (SSSR count). The molecule has 0 aliphatic heterocycles. The highest BCUT2D eigenvalue weighted by molar-refractivity contribution is 7.98. The highest BCUT2D eigenvalue weighted by Crippen LogP contribution is 2.26. The first-order valence-corrected chi connectivity index (χ1v) is 11.2. The number of carbonyl (C=O) groups is 1. The summed E-state index contributed by atoms with van der Waals surface area (Å²) in [6.07, 6.45) is 0. The largest absolute Gasteiger partial charge is 0.497 e. The zero-order chi connectivity index (χ0) is 22.3. The van der Waals surface area contributed by atoms with Crippen LogP contribution in [0.5, 0.6) is 5.75 Å². The van der Waals surface area contributed by atoms with Gasteiger partial charge in [-0.3, -0.25) is 9.36 Å². The fourth-order valence-corrected chi connectivity index (χ4v) is 4.19. The molecule has 32 heavy (non-hydrogen) atoms. The third-order valence-corrected chi connectivity index (χ3v) is 5.93. The topological polar surface area (TPSA) is 69.0 Å². The summed E-state index contributed by atoms with van der Waals surface area (Å²) in [5.41, 5.74) is 3.89. The number of aryl methyl sites for hydroxylation is 1. The third kappa shape index (κ3) is 5.18. The van der Waals surface area contributed by atoms with E-state index in [1.54, 1.807) is 43.1 Å². The molecule has 162 valence electrons. The predicted molar refractivity (Wildman–Crippen MR) is 126 cm³/mol. The summed E-state index contributed by atoms with van der Waals surface area (Å²) in [6.45, 7) is 2.31. The third-order valence-electron chi connectivity index (χ3n) is 4.93. The summed E-state index contributed by atoms with van der Waals surface area (Å²) in [6, 6.07) is 25.4. The van der Waals surface area contributed by atoms with Gasteiger partial charge >= 0.3 is 0 Å². The molecule has 4 aromatic rings. The number of thioether (sulfide) groups is 1. The molecule has 0 spiro atoms. The molecule has 6 nitrogen and oxygen atoms in total. The van der Waals surface area contributed by atoms with E-state index in [4.69, 9.17) is 4.74 Å². The molecule has 1 heterocycles. The van der Waals surface area contributed by atoms with Gasteiger partial charge in [-0.1, -0.05) is 54.2 Å². The van der Waals surface area contributed by atoms with E-state index in [0.29, 0.717) is 17.1 Å². The van der Waals surface area contributed by atoms with Crippen molar-refractivity contribution >= 4 is 17.7 Å². The summed E-state index contributed by atoms with van der Waals surface area (Å²) in [5, 5.41) is 12.5. The van der Waals surface area contributed by atoms with Gasteiger partial charge in [0.15, 0.2) is 11.0 Å². The molecule has 0 fully saturated rings. The smallest absolute Gasteiger partial charge is 0.251 e. The molecular weight excluding hydrogens is 420 g/mol. The first kappa shape index (κ1) is 21.6. The van der Waals surface area contributed by atoms with Crippen molar-refractivity contribution in [1.29, 1.82) is 0 Å². The molecule has 0 saturated carbocycles. The van der Waals surface area contributed by atoms with Crippen molar-refractivity contribution in [2.24, 2.45) is 0 Å². The lowest BCUT2D eigenvalue weighted by molar-refractivity contribution is 0.0949. The highest BCUT2D eigenvalue weighted by Gasteiger charge is 2.16. The van der Waals surface area contributed by atoms with Crippen LogP contribution in [0.1, 0.15) is 27.3 Å². The molecule has 0 saturated heterocycles. The Morgan fingerprint density at radius 3 is 2.50 bits per heavy atom. The van der Waals surface area contributed by atoms with E-state index < -0.39 is 0 Å². The van der Waals surface area contributed by atoms with Crippen molar-refractivity contribution in [3.63, 3.8) is 0 Å². The Kier molecular flexibility index (Phi) is 6.87. The van der Waals surface area contributed by atoms with Gasteiger partial charge in [-0.05, 0) is 54.4 Å². The molecule has 0 bridgehead atoms. The van der Waals surface area contributed by atoms with Gasteiger partial charge in [0.05, 0.1) is 13.7 Å². The van der Waals surface area contributed by atoms with Crippen LogP contribution in [0.25, 0.3) is 5.69 Å². The molecule has 0 radical (unpaired) electrons. The van der Waals surface area contributed by atoms with Gasteiger partial charge in [0.25, 0.3) is 5.91 Å². The number of methoxy groups -OCH3 is 1. The average Bonchev–Trinajstić information content (AvgIpc) is 3.24. The fraction of sp³-hybridized carbons (Fsp3) is 0.160. The Bertz CT molecular complexity index is 1190. The molecule has 0 aliphatic carbocycles. The van der Waals surface area contributed by atoms with E-state index in [1.165, 1.54) is 5.56 Å². The van der Waals surface area contributed by atoms with Gasteiger partial charge < -0.3 is 10.1 Å². The zero-order valence-electron chi connectivity index (χ0n) is 18.0. The van der Waals surface area contributed by atoms with E-state index in [1.807, 2.05) is 34.9 Å². The van der Waals surface area contributed by atoms with Gasteiger partial charge in [0.1, 0.15) is 5.75 Å². The van der Waals surface area contributed by atoms with Crippen molar-refractivity contribution in [2.45, 2.75) is 24.4 Å². The molecule has 0 aliphatic rings. The normalized spacial score (nSPS) is 10.7. The van der Waals surface area contributed by atoms with Crippen LogP contribution in [-0.4, -0.2) is 27.8 Å². The zero-order valence-corrected chi connectivity index (χ0v) is 18.8. The summed E-state index contributed by atoms with van der Waals surface area (Å²) in [7, 11) is 1.60. The van der Waals surface area contributed by atoms with E-state index >= 15 is 0 Å². The monoisotopic (exact) mass is 444 g/mol. The second-order valence-electron chi connectivity index (χ2n) is 7.26. The lowest BCUT2D eigenvalue weighted by Gasteiger charge is -2.12. The molecule has 0 atom stereocenters. The Balaban J connectivity index is 1.55. The number of hydrogen-bond acceptors (Lipinski definition) is 5. The summed E-state index contributed by atoms with van der Waals surface area (Å²) in [4.78, 5) is 12.6. The van der Waals surface area contributed by atoms with Crippen LogP contribution >= 0.6 is 11.8 Å². The Morgan fingerprint density at radius 2 is 1.78 bits per heavy atom. The molecule has 3 aromatic carbocycles. The van der Waals surface area contributed by atoms with Crippen molar-refractivity contribution in [2.75, 3.05) is 7.11 Å². The first-order valence-electron chi connectivity index (χ1n) is 10.2. The molecule has 0 unspecified atom stereocenters. The summed E-state index contributed by atoms with van der Waals surface area (Å²) in [5.74, 6) is 1.99. The predicted octanol–water partition coefficient (Wildman–Crippen LogP) is 4.81. The van der Waals surface area contributed by atoms with Crippen molar-refractivity contribution in [3.8, 4) is 11.4 Å². The minimum Gasteiger partial charge on any atom is -0.497 e. The Hall–Kier alpha value is -3.58. The molecular formula is C25H24N4O2S. The number of amides is 1. The van der Waals surface area contributed by atoms with E-state index in [2.05, 4.69) is 46.7 Å². The number of rotatable bonds is 8. The van der Waals surface area contributed by atoms with Gasteiger partial charge in [0, 0.05) is 17.0 Å². The number of aromatic nitrogens is 3. The lowest BCUT2D eigenvalue weighted by atomic mass is 10.2. The number of ether oxygens (including phenoxy) is 1. The summed E-state index contributed by atoms with van der Waals surface area (Å²) < 4.78 is 7.16. The van der Waals surface area contributed by atoms with E-state index in [9.17, 15) is 4.79 Å². The minimum absolute atomic E-state index is 0.176. The maximum Gasteiger partial charge on any atom is 0.251 e. The standard InChI is InChI=1S/C25H24N4O2S/c1-18-7-6-10-21(15-18)29-23(16-26-24(30)20-11-13-22(31-2)14-12-20)27-28-25(29)32-17-19-8-4-3-5-9-19/h3-15H,16-17H2,1-2H3,(H,26,30). The second kappa shape index (κ2) is 10.2. The fourth-order valence-electron chi connectivity index (χ4n) is 3.26. The Morgan fingerprint density at radius 1 is 1.00 bits per heavy atom. The van der Waals surface area contributed by atoms with Crippen LogP contribution in [0.3, 0.4) is 0 Å². The maximum atomic E-state index is 12.6. The SMILES string of the molecule is COc1ccc(C(=O)NCc2nnc(SCc3ccccc3)n2-c2cccc(C)c2)cc1. The number of nitrogens with zero attached hydrogens (tertiary/aromatic N) is 3. The lowest BCUT2D eigenvalue weighted by Crippen LogP contribution is -2.24. The Labute approximate surface area is 191 Å². The molecule has 1 N–H and O–H groups in total. The van der Waals surface area contributed by atoms with Crippen molar-refractivity contribution in [1.82, 2.24) is 20.1 Å². The van der Waals surface area contributed by atoms with Crippen LogP contribution in [0.15, 0.2) is 84.0 Å². The summed E-state index contributed by atoms with van der Waals surface area (Å²) >= 11 is 1.62. The second-order valence-corrected chi connectivity index (χ2v) is 8.20. The maximum absolute atomic E-state index is 12.6. The van der Waals surface area contributed by atoms with Gasteiger partial charge in [0.2, 0.25) is 0 Å². The minimum atomic E-state index is -0.176. The number of carbonyl (C=O) groups excluding carboxylic acids is 1. The quantitative estimate of drug-likeness (QED) is 0.395. The molecule has 1 amide bonds. The highest BCUT2D eigenvalue weighted by atomic mass is 32.2. The van der Waals surface area contributed by atoms with Gasteiger partial charge in [-0.15, -0.1) is 10.2 Å².